The van der Waals surface area contributed by atoms with E-state index in [4.69, 9.17) is 32.7 Å². The Bertz CT molecular complexity index is 1020. The summed E-state index contributed by atoms with van der Waals surface area (Å²) in [5, 5.41) is 5.20. The fourth-order valence-corrected chi connectivity index (χ4v) is 2.63. The lowest BCUT2D eigenvalue weighted by Gasteiger charge is -2.07. The van der Waals surface area contributed by atoms with Gasteiger partial charge in [-0.05, 0) is 37.6 Å². The highest BCUT2D eigenvalue weighted by molar-refractivity contribution is 6.30. The first-order valence-electron chi connectivity index (χ1n) is 8.74. The summed E-state index contributed by atoms with van der Waals surface area (Å²) in [6, 6.07) is 10.6. The maximum atomic E-state index is 11.6. The normalized spacial score (nSPS) is 11.2. The highest BCUT2D eigenvalue weighted by Gasteiger charge is 2.09. The van der Waals surface area contributed by atoms with Crippen LogP contribution in [0.3, 0.4) is 0 Å². The number of aromatic nitrogens is 4. The molecule has 0 fully saturated rings. The van der Waals surface area contributed by atoms with E-state index in [0.29, 0.717) is 28.9 Å². The molecule has 2 heterocycles. The van der Waals surface area contributed by atoms with Crippen LogP contribution in [0, 0.1) is 0 Å². The number of rotatable bonds is 7. The van der Waals surface area contributed by atoms with Gasteiger partial charge >= 0.3 is 5.97 Å². The zero-order valence-electron chi connectivity index (χ0n) is 15.8. The number of nitrogens with zero attached hydrogens (tertiary/aromatic N) is 4. The molecule has 150 valence electrons. The summed E-state index contributed by atoms with van der Waals surface area (Å²) in [5.41, 5.74) is 1.58. The molecule has 0 aliphatic rings. The van der Waals surface area contributed by atoms with Crippen LogP contribution in [0.2, 0.25) is 10.2 Å². The zero-order chi connectivity index (χ0) is 20.8. The van der Waals surface area contributed by atoms with Crippen molar-refractivity contribution in [1.82, 2.24) is 19.7 Å². The SMILES string of the molecule is CC(C)OC(=O)C=Cn1cnc(-c2cc(Cl)nc(OCc3ccc(Cl)cc3)c2)n1. The Balaban J connectivity index is 1.71. The van der Waals surface area contributed by atoms with Gasteiger partial charge in [-0.1, -0.05) is 35.3 Å². The highest BCUT2D eigenvalue weighted by atomic mass is 35.5. The van der Waals surface area contributed by atoms with Gasteiger partial charge in [0.15, 0.2) is 5.82 Å². The Morgan fingerprint density at radius 3 is 2.69 bits per heavy atom. The standard InChI is InChI=1S/C20H18Cl2N4O3/c1-13(2)29-19(27)7-8-26-12-23-20(25-26)15-9-17(22)24-18(10-15)28-11-14-3-5-16(21)6-4-14/h3-10,12-13H,11H2,1-2H3. The summed E-state index contributed by atoms with van der Waals surface area (Å²) in [6.45, 7) is 3.87. The number of pyridine rings is 1. The van der Waals surface area contributed by atoms with Gasteiger partial charge in [0.1, 0.15) is 18.1 Å². The topological polar surface area (TPSA) is 79.1 Å². The summed E-state index contributed by atoms with van der Waals surface area (Å²) >= 11 is 12.0. The van der Waals surface area contributed by atoms with Crippen LogP contribution in [0.5, 0.6) is 5.88 Å². The molecule has 29 heavy (non-hydrogen) atoms. The molecule has 3 rings (SSSR count). The van der Waals surface area contributed by atoms with Crippen molar-refractivity contribution in [2.75, 3.05) is 0 Å². The summed E-state index contributed by atoms with van der Waals surface area (Å²) in [4.78, 5) is 20.0. The van der Waals surface area contributed by atoms with E-state index < -0.39 is 5.97 Å². The summed E-state index contributed by atoms with van der Waals surface area (Å²) in [5.74, 6) is 0.296. The molecule has 0 saturated carbocycles. The Morgan fingerprint density at radius 1 is 1.21 bits per heavy atom. The minimum absolute atomic E-state index is 0.191. The minimum Gasteiger partial charge on any atom is -0.473 e. The molecule has 0 unspecified atom stereocenters. The van der Waals surface area contributed by atoms with Gasteiger partial charge in [0.25, 0.3) is 0 Å². The molecule has 7 nitrogen and oxygen atoms in total. The molecular formula is C20H18Cl2N4O3. The van der Waals surface area contributed by atoms with E-state index >= 15 is 0 Å². The first kappa shape index (κ1) is 20.8. The Labute approximate surface area is 177 Å². The van der Waals surface area contributed by atoms with Gasteiger partial charge in [0.2, 0.25) is 5.88 Å². The van der Waals surface area contributed by atoms with E-state index in [2.05, 4.69) is 15.1 Å². The fourth-order valence-electron chi connectivity index (χ4n) is 2.30. The maximum absolute atomic E-state index is 11.6. The maximum Gasteiger partial charge on any atom is 0.332 e. The van der Waals surface area contributed by atoms with Crippen molar-refractivity contribution in [3.05, 3.63) is 64.5 Å². The molecule has 0 saturated heterocycles. The second-order valence-corrected chi connectivity index (χ2v) is 7.11. The van der Waals surface area contributed by atoms with Crippen LogP contribution in [0.25, 0.3) is 17.6 Å². The average molecular weight is 433 g/mol. The van der Waals surface area contributed by atoms with Crippen LogP contribution >= 0.6 is 23.2 Å². The lowest BCUT2D eigenvalue weighted by atomic mass is 10.2. The van der Waals surface area contributed by atoms with E-state index in [1.54, 1.807) is 38.1 Å². The smallest absolute Gasteiger partial charge is 0.332 e. The lowest BCUT2D eigenvalue weighted by molar-refractivity contribution is -0.141. The molecule has 0 atom stereocenters. The van der Waals surface area contributed by atoms with Crippen LogP contribution in [0.15, 0.2) is 48.8 Å². The molecule has 3 aromatic rings. The first-order valence-corrected chi connectivity index (χ1v) is 9.50. The average Bonchev–Trinajstić information content (AvgIpc) is 3.14. The summed E-state index contributed by atoms with van der Waals surface area (Å²) in [6.07, 6.45) is 4.02. The van der Waals surface area contributed by atoms with Gasteiger partial charge < -0.3 is 9.47 Å². The first-order chi connectivity index (χ1) is 13.9. The van der Waals surface area contributed by atoms with Crippen LogP contribution in [0.4, 0.5) is 0 Å². The van der Waals surface area contributed by atoms with Gasteiger partial charge in [-0.2, -0.15) is 0 Å². The molecule has 1 aromatic carbocycles. The Morgan fingerprint density at radius 2 is 1.97 bits per heavy atom. The van der Waals surface area contributed by atoms with Crippen molar-refractivity contribution in [1.29, 1.82) is 0 Å². The van der Waals surface area contributed by atoms with E-state index in [9.17, 15) is 4.79 Å². The Kier molecular flexibility index (Phi) is 6.85. The van der Waals surface area contributed by atoms with Gasteiger partial charge in [-0.25, -0.2) is 19.4 Å². The summed E-state index contributed by atoms with van der Waals surface area (Å²) in [7, 11) is 0. The van der Waals surface area contributed by atoms with Crippen LogP contribution in [0.1, 0.15) is 19.4 Å². The molecule has 0 radical (unpaired) electrons. The van der Waals surface area contributed by atoms with Crippen molar-refractivity contribution < 1.29 is 14.3 Å². The monoisotopic (exact) mass is 432 g/mol. The van der Waals surface area contributed by atoms with Crippen molar-refractivity contribution in [3.8, 4) is 17.3 Å². The van der Waals surface area contributed by atoms with Crippen molar-refractivity contribution in [2.24, 2.45) is 0 Å². The molecule has 0 bridgehead atoms. The number of halogens is 2. The molecule has 0 aliphatic heterocycles. The third-order valence-corrected chi connectivity index (χ3v) is 4.00. The molecule has 0 amide bonds. The van der Waals surface area contributed by atoms with Crippen LogP contribution in [-0.4, -0.2) is 31.8 Å². The van der Waals surface area contributed by atoms with Gasteiger partial charge in [-0.3, -0.25) is 0 Å². The largest absolute Gasteiger partial charge is 0.473 e. The third-order valence-electron chi connectivity index (χ3n) is 3.55. The second kappa shape index (κ2) is 9.54. The lowest BCUT2D eigenvalue weighted by Crippen LogP contribution is -2.08. The van der Waals surface area contributed by atoms with Crippen LogP contribution < -0.4 is 4.74 Å². The predicted octanol–water partition coefficient (Wildman–Crippen LogP) is 4.65. The second-order valence-electron chi connectivity index (χ2n) is 6.28. The van der Waals surface area contributed by atoms with Gasteiger partial charge in [0, 0.05) is 28.9 Å². The number of hydrogen-bond donors (Lipinski definition) is 0. The molecule has 2 aromatic heterocycles. The molecular weight excluding hydrogens is 415 g/mol. The van der Waals surface area contributed by atoms with E-state index in [1.807, 2.05) is 12.1 Å². The van der Waals surface area contributed by atoms with Crippen LogP contribution in [-0.2, 0) is 16.1 Å². The number of carbonyl (C=O) groups is 1. The van der Waals surface area contributed by atoms with Gasteiger partial charge in [-0.15, -0.1) is 5.10 Å². The number of ether oxygens (including phenoxy) is 2. The third kappa shape index (κ3) is 6.30. The van der Waals surface area contributed by atoms with E-state index in [1.165, 1.54) is 23.3 Å². The molecule has 9 heteroatoms. The Hall–Kier alpha value is -2.90. The zero-order valence-corrected chi connectivity index (χ0v) is 17.3. The minimum atomic E-state index is -0.457. The predicted molar refractivity (Wildman–Crippen MR) is 111 cm³/mol. The van der Waals surface area contributed by atoms with E-state index in [-0.39, 0.29) is 11.3 Å². The van der Waals surface area contributed by atoms with Crippen molar-refractivity contribution in [3.63, 3.8) is 0 Å². The molecule has 0 spiro atoms. The van der Waals surface area contributed by atoms with E-state index in [0.717, 1.165) is 5.56 Å². The quantitative estimate of drug-likeness (QED) is 0.307. The number of hydrogen-bond acceptors (Lipinski definition) is 6. The summed E-state index contributed by atoms with van der Waals surface area (Å²) < 4.78 is 12.2. The van der Waals surface area contributed by atoms with Crippen molar-refractivity contribution >= 4 is 35.4 Å². The molecule has 0 N–H and O–H groups in total. The van der Waals surface area contributed by atoms with Gasteiger partial charge in [0.05, 0.1) is 6.10 Å². The highest BCUT2D eigenvalue weighted by Crippen LogP contribution is 2.24. The molecule has 0 aliphatic carbocycles. The number of carbonyl (C=O) groups excluding carboxylic acids is 1. The number of esters is 1. The number of benzene rings is 1. The van der Waals surface area contributed by atoms with Crippen molar-refractivity contribution in [2.45, 2.75) is 26.6 Å². The fraction of sp³-hybridized carbons (Fsp3) is 0.200.